The normalized spacial score (nSPS) is 20.0. The molecular formula is C21H23N3O4. The molecule has 1 aliphatic heterocycles. The van der Waals surface area contributed by atoms with E-state index < -0.39 is 0 Å². The summed E-state index contributed by atoms with van der Waals surface area (Å²) < 4.78 is 15.9. The number of allylic oxidation sites excluding steroid dienone is 3. The number of ether oxygens (including phenoxy) is 2. The number of hydrogen-bond acceptors (Lipinski definition) is 7. The third kappa shape index (κ3) is 4.21. The van der Waals surface area contributed by atoms with Crippen molar-refractivity contribution in [3.05, 3.63) is 53.9 Å². The second-order valence-electron chi connectivity index (χ2n) is 6.91. The molecule has 1 aromatic carbocycles. The summed E-state index contributed by atoms with van der Waals surface area (Å²) in [6.45, 7) is 4.70. The van der Waals surface area contributed by atoms with Crippen molar-refractivity contribution in [2.75, 3.05) is 40.0 Å². The largest absolute Gasteiger partial charge is 0.465 e. The number of benzene rings is 1. The molecule has 4 rings (SSSR count). The zero-order chi connectivity index (χ0) is 19.3. The Morgan fingerprint density at radius 2 is 1.93 bits per heavy atom. The fourth-order valence-corrected chi connectivity index (χ4v) is 3.40. The van der Waals surface area contributed by atoms with E-state index in [2.05, 4.69) is 33.3 Å². The molecule has 146 valence electrons. The van der Waals surface area contributed by atoms with Crippen LogP contribution in [0.5, 0.6) is 0 Å². The number of methoxy groups -OCH3 is 1. The molecule has 7 heteroatoms. The van der Waals surface area contributed by atoms with Crippen molar-refractivity contribution in [3.8, 4) is 11.5 Å². The number of carbonyl (C=O) groups is 1. The van der Waals surface area contributed by atoms with Crippen molar-refractivity contribution in [1.29, 1.82) is 0 Å². The number of esters is 1. The Kier molecular flexibility index (Phi) is 5.64. The van der Waals surface area contributed by atoms with Gasteiger partial charge in [0.15, 0.2) is 0 Å². The molecule has 0 amide bonds. The van der Waals surface area contributed by atoms with Crippen LogP contribution in [0.25, 0.3) is 17.0 Å². The van der Waals surface area contributed by atoms with Gasteiger partial charge in [-0.05, 0) is 36.6 Å². The maximum Gasteiger partial charge on any atom is 0.337 e. The molecule has 1 aliphatic carbocycles. The molecule has 1 fully saturated rings. The summed E-state index contributed by atoms with van der Waals surface area (Å²) in [6.07, 6.45) is 7.39. The van der Waals surface area contributed by atoms with Crippen LogP contribution in [0.15, 0.2) is 46.9 Å². The van der Waals surface area contributed by atoms with E-state index >= 15 is 0 Å². The van der Waals surface area contributed by atoms with Crippen LogP contribution < -0.4 is 0 Å². The third-order valence-electron chi connectivity index (χ3n) is 5.01. The molecule has 0 bridgehead atoms. The lowest BCUT2D eigenvalue weighted by Gasteiger charge is -2.29. The van der Waals surface area contributed by atoms with Crippen LogP contribution in [-0.4, -0.2) is 61.0 Å². The lowest BCUT2D eigenvalue weighted by Crippen LogP contribution is -2.39. The molecular weight excluding hydrogens is 358 g/mol. The van der Waals surface area contributed by atoms with Crippen LogP contribution >= 0.6 is 0 Å². The van der Waals surface area contributed by atoms with Crippen LogP contribution in [-0.2, 0) is 9.47 Å². The van der Waals surface area contributed by atoms with Gasteiger partial charge >= 0.3 is 5.97 Å². The van der Waals surface area contributed by atoms with E-state index in [4.69, 9.17) is 13.9 Å². The quantitative estimate of drug-likeness (QED) is 0.737. The second kappa shape index (κ2) is 8.50. The molecule has 0 saturated carbocycles. The summed E-state index contributed by atoms with van der Waals surface area (Å²) in [5.41, 5.74) is 2.19. The monoisotopic (exact) mass is 381 g/mol. The van der Waals surface area contributed by atoms with Gasteiger partial charge in [0.2, 0.25) is 11.8 Å². The van der Waals surface area contributed by atoms with Gasteiger partial charge in [0.1, 0.15) is 0 Å². The van der Waals surface area contributed by atoms with Crippen LogP contribution in [0.4, 0.5) is 0 Å². The number of nitrogens with zero attached hydrogens (tertiary/aromatic N) is 3. The van der Waals surface area contributed by atoms with Crippen molar-refractivity contribution in [1.82, 2.24) is 15.1 Å². The lowest BCUT2D eigenvalue weighted by molar-refractivity contribution is 0.0335. The molecule has 2 aliphatic rings. The molecule has 1 aromatic heterocycles. The average molecular weight is 381 g/mol. The first kappa shape index (κ1) is 18.6. The number of rotatable bonds is 5. The molecule has 1 atom stereocenters. The minimum atomic E-state index is -0.373. The molecule has 2 aromatic rings. The Morgan fingerprint density at radius 1 is 1.18 bits per heavy atom. The first-order valence-corrected chi connectivity index (χ1v) is 9.44. The zero-order valence-corrected chi connectivity index (χ0v) is 15.8. The topological polar surface area (TPSA) is 77.7 Å². The second-order valence-corrected chi connectivity index (χ2v) is 6.91. The van der Waals surface area contributed by atoms with Crippen LogP contribution in [0.1, 0.15) is 22.7 Å². The van der Waals surface area contributed by atoms with Gasteiger partial charge in [-0.3, -0.25) is 4.90 Å². The van der Waals surface area contributed by atoms with Crippen LogP contribution in [0, 0.1) is 5.92 Å². The summed E-state index contributed by atoms with van der Waals surface area (Å²) in [6, 6.07) is 6.90. The predicted octanol–water partition coefficient (Wildman–Crippen LogP) is 2.81. The Hall–Kier alpha value is -2.77. The molecule has 2 heterocycles. The zero-order valence-electron chi connectivity index (χ0n) is 15.8. The highest BCUT2D eigenvalue weighted by molar-refractivity contribution is 5.89. The fourth-order valence-electron chi connectivity index (χ4n) is 3.40. The van der Waals surface area contributed by atoms with Crippen molar-refractivity contribution in [3.63, 3.8) is 0 Å². The van der Waals surface area contributed by atoms with Gasteiger partial charge in [0.05, 0.1) is 25.9 Å². The van der Waals surface area contributed by atoms with Crippen molar-refractivity contribution in [2.45, 2.75) is 6.42 Å². The molecule has 0 radical (unpaired) electrons. The Morgan fingerprint density at radius 3 is 2.61 bits per heavy atom. The van der Waals surface area contributed by atoms with E-state index in [1.165, 1.54) is 7.11 Å². The standard InChI is InChI=1S/C21H23N3O4/c1-26-21(25)18-8-6-17(7-9-18)20-23-22-19(28-20)16-4-2-15(3-5-16)14-24-10-12-27-13-11-24/h2,4-9,15H,3,10-14H2,1H3. The summed E-state index contributed by atoms with van der Waals surface area (Å²) in [5, 5.41) is 8.32. The Bertz CT molecular complexity index is 879. The molecule has 0 N–H and O–H groups in total. The van der Waals surface area contributed by atoms with Gasteiger partial charge in [-0.15, -0.1) is 10.2 Å². The first-order chi connectivity index (χ1) is 13.7. The summed E-state index contributed by atoms with van der Waals surface area (Å²) in [7, 11) is 1.36. The van der Waals surface area contributed by atoms with Gasteiger partial charge in [0.25, 0.3) is 0 Å². The number of carbonyl (C=O) groups excluding carboxylic acids is 1. The molecule has 7 nitrogen and oxygen atoms in total. The number of hydrogen-bond donors (Lipinski definition) is 0. The van der Waals surface area contributed by atoms with Crippen LogP contribution in [0.2, 0.25) is 0 Å². The van der Waals surface area contributed by atoms with E-state index in [1.807, 2.05) is 0 Å². The smallest absolute Gasteiger partial charge is 0.337 e. The summed E-state index contributed by atoms with van der Waals surface area (Å²) in [4.78, 5) is 14.0. The van der Waals surface area contributed by atoms with Gasteiger partial charge in [-0.25, -0.2) is 4.79 Å². The average Bonchev–Trinajstić information content (AvgIpc) is 3.25. The van der Waals surface area contributed by atoms with E-state index in [-0.39, 0.29) is 5.97 Å². The minimum absolute atomic E-state index is 0.373. The molecule has 28 heavy (non-hydrogen) atoms. The number of aromatic nitrogens is 2. The SMILES string of the molecule is COC(=O)c1ccc(-c2nnc(C3=CCC(CN4CCOCC4)C=C3)o2)cc1. The highest BCUT2D eigenvalue weighted by Crippen LogP contribution is 2.27. The Labute approximate surface area is 163 Å². The van der Waals surface area contributed by atoms with Crippen LogP contribution in [0.3, 0.4) is 0 Å². The van der Waals surface area contributed by atoms with Gasteiger partial charge in [-0.1, -0.05) is 18.2 Å². The predicted molar refractivity (Wildman–Crippen MR) is 104 cm³/mol. The van der Waals surface area contributed by atoms with Gasteiger partial charge < -0.3 is 13.9 Å². The van der Waals surface area contributed by atoms with Crippen molar-refractivity contribution < 1.29 is 18.7 Å². The van der Waals surface area contributed by atoms with E-state index in [0.717, 1.165) is 50.4 Å². The van der Waals surface area contributed by atoms with E-state index in [0.29, 0.717) is 23.3 Å². The maximum absolute atomic E-state index is 11.5. The lowest BCUT2D eigenvalue weighted by atomic mass is 9.96. The first-order valence-electron chi connectivity index (χ1n) is 9.44. The van der Waals surface area contributed by atoms with Gasteiger partial charge in [0, 0.05) is 30.8 Å². The maximum atomic E-state index is 11.5. The van der Waals surface area contributed by atoms with Crippen molar-refractivity contribution >= 4 is 11.5 Å². The summed E-state index contributed by atoms with van der Waals surface area (Å²) >= 11 is 0. The van der Waals surface area contributed by atoms with Crippen molar-refractivity contribution in [2.24, 2.45) is 5.92 Å². The van der Waals surface area contributed by atoms with E-state index in [1.54, 1.807) is 24.3 Å². The highest BCUT2D eigenvalue weighted by Gasteiger charge is 2.19. The third-order valence-corrected chi connectivity index (χ3v) is 5.01. The fraction of sp³-hybridized carbons (Fsp3) is 0.381. The minimum Gasteiger partial charge on any atom is -0.465 e. The summed E-state index contributed by atoms with van der Waals surface area (Å²) in [5.74, 6) is 1.06. The molecule has 1 saturated heterocycles. The highest BCUT2D eigenvalue weighted by atomic mass is 16.5. The number of morpholine rings is 1. The Balaban J connectivity index is 1.39. The van der Waals surface area contributed by atoms with E-state index in [9.17, 15) is 4.79 Å². The molecule has 0 spiro atoms. The molecule has 1 unspecified atom stereocenters. The van der Waals surface area contributed by atoms with Gasteiger partial charge in [-0.2, -0.15) is 0 Å².